The van der Waals surface area contributed by atoms with Gasteiger partial charge in [-0.15, -0.1) is 0 Å². The molecule has 168 valence electrons. The van der Waals surface area contributed by atoms with Gasteiger partial charge in [0.15, 0.2) is 0 Å². The van der Waals surface area contributed by atoms with E-state index in [1.54, 1.807) is 0 Å². The molecule has 1 amide bonds. The van der Waals surface area contributed by atoms with Crippen LogP contribution in [-0.2, 0) is 4.79 Å². The SMILES string of the molecule is C=C/C(C)=C\N=C(C(C)CC)N1CCC(C(=O)N(CC2CC2)c2ccc(Cl)cc2)CC1. The van der Waals surface area contributed by atoms with Crippen LogP contribution in [0.2, 0.25) is 5.02 Å². The Bertz CT molecular complexity index is 818. The summed E-state index contributed by atoms with van der Waals surface area (Å²) in [4.78, 5) is 22.7. The number of amidine groups is 1. The molecule has 0 radical (unpaired) electrons. The third kappa shape index (κ3) is 6.46. The molecular weight excluding hydrogens is 406 g/mol. The normalized spacial score (nSPS) is 19.3. The minimum atomic E-state index is 0.0642. The van der Waals surface area contributed by atoms with E-state index in [9.17, 15) is 4.79 Å². The van der Waals surface area contributed by atoms with Gasteiger partial charge in [-0.3, -0.25) is 4.79 Å². The molecule has 0 N–H and O–H groups in total. The van der Waals surface area contributed by atoms with Crippen molar-refractivity contribution in [3.05, 3.63) is 53.7 Å². The number of carbonyl (C=O) groups is 1. The molecule has 2 aliphatic rings. The topological polar surface area (TPSA) is 35.9 Å². The Hall–Kier alpha value is -2.07. The molecule has 1 aliphatic heterocycles. The third-order valence-electron chi connectivity index (χ3n) is 6.49. The number of likely N-dealkylation sites (tertiary alicyclic amines) is 1. The minimum absolute atomic E-state index is 0.0642. The van der Waals surface area contributed by atoms with Crippen LogP contribution < -0.4 is 4.90 Å². The Balaban J connectivity index is 1.69. The second-order valence-electron chi connectivity index (χ2n) is 9.00. The van der Waals surface area contributed by atoms with Gasteiger partial charge in [0, 0.05) is 48.4 Å². The summed E-state index contributed by atoms with van der Waals surface area (Å²) < 4.78 is 0. The Morgan fingerprint density at radius 3 is 2.45 bits per heavy atom. The zero-order chi connectivity index (χ0) is 22.4. The van der Waals surface area contributed by atoms with Gasteiger partial charge in [-0.1, -0.05) is 38.1 Å². The molecule has 0 spiro atoms. The molecule has 5 heteroatoms. The molecular formula is C26H36ClN3O. The van der Waals surface area contributed by atoms with Crippen LogP contribution in [0.15, 0.2) is 53.7 Å². The van der Waals surface area contributed by atoms with Crippen LogP contribution in [-0.4, -0.2) is 36.3 Å². The van der Waals surface area contributed by atoms with E-state index >= 15 is 0 Å². The van der Waals surface area contributed by atoms with Crippen LogP contribution in [0.5, 0.6) is 0 Å². The van der Waals surface area contributed by atoms with Crippen LogP contribution in [0.1, 0.15) is 52.9 Å². The van der Waals surface area contributed by atoms with Crippen molar-refractivity contribution in [2.24, 2.45) is 22.7 Å². The summed E-state index contributed by atoms with van der Waals surface area (Å²) in [6.07, 6.45) is 8.96. The minimum Gasteiger partial charge on any atom is -0.360 e. The largest absolute Gasteiger partial charge is 0.360 e. The number of hydrogen-bond donors (Lipinski definition) is 0. The number of benzene rings is 1. The molecule has 1 unspecified atom stereocenters. The van der Waals surface area contributed by atoms with Gasteiger partial charge < -0.3 is 9.80 Å². The van der Waals surface area contributed by atoms with Crippen LogP contribution in [0.4, 0.5) is 5.69 Å². The molecule has 1 aromatic carbocycles. The van der Waals surface area contributed by atoms with E-state index in [-0.39, 0.29) is 11.8 Å². The van der Waals surface area contributed by atoms with Gasteiger partial charge in [0.2, 0.25) is 5.91 Å². The summed E-state index contributed by atoms with van der Waals surface area (Å²) in [5.41, 5.74) is 2.03. The van der Waals surface area contributed by atoms with E-state index in [2.05, 4.69) is 25.3 Å². The number of rotatable bonds is 8. The molecule has 1 atom stereocenters. The van der Waals surface area contributed by atoms with Gasteiger partial charge in [0.25, 0.3) is 0 Å². The second-order valence-corrected chi connectivity index (χ2v) is 9.44. The lowest BCUT2D eigenvalue weighted by molar-refractivity contribution is -0.123. The second kappa shape index (κ2) is 11.0. The first-order chi connectivity index (χ1) is 14.9. The zero-order valence-corrected chi connectivity index (χ0v) is 19.9. The molecule has 31 heavy (non-hydrogen) atoms. The number of nitrogens with zero attached hydrogens (tertiary/aromatic N) is 3. The van der Waals surface area contributed by atoms with Crippen molar-refractivity contribution in [3.8, 4) is 0 Å². The maximum atomic E-state index is 13.5. The lowest BCUT2D eigenvalue weighted by Crippen LogP contribution is -2.46. The summed E-state index contributed by atoms with van der Waals surface area (Å²) in [5.74, 6) is 2.49. The molecule has 2 fully saturated rings. The maximum Gasteiger partial charge on any atom is 0.230 e. The van der Waals surface area contributed by atoms with Gasteiger partial charge >= 0.3 is 0 Å². The van der Waals surface area contributed by atoms with E-state index in [4.69, 9.17) is 16.6 Å². The fourth-order valence-electron chi connectivity index (χ4n) is 4.00. The number of carbonyl (C=O) groups excluding carboxylic acids is 1. The van der Waals surface area contributed by atoms with E-state index in [0.717, 1.165) is 56.0 Å². The molecule has 4 nitrogen and oxygen atoms in total. The molecule has 1 heterocycles. The third-order valence-corrected chi connectivity index (χ3v) is 6.74. The maximum absolute atomic E-state index is 13.5. The quantitative estimate of drug-likeness (QED) is 0.268. The first-order valence-electron chi connectivity index (χ1n) is 11.6. The standard InChI is InChI=1S/C26H36ClN3O/c1-5-19(3)17-28-25(20(4)6-2)29-15-13-22(14-16-29)26(31)30(18-21-7-8-21)24-11-9-23(27)10-12-24/h5,9-12,17,20-22H,1,6-8,13-16,18H2,2-4H3/b19-17-,28-25?. The Labute approximate surface area is 192 Å². The highest BCUT2D eigenvalue weighted by Crippen LogP contribution is 2.33. The van der Waals surface area contributed by atoms with E-state index in [0.29, 0.717) is 16.9 Å². The molecule has 1 saturated heterocycles. The van der Waals surface area contributed by atoms with Crippen LogP contribution in [0.3, 0.4) is 0 Å². The van der Waals surface area contributed by atoms with E-state index in [1.165, 1.54) is 12.8 Å². The zero-order valence-electron chi connectivity index (χ0n) is 19.2. The number of halogens is 1. The van der Waals surface area contributed by atoms with Crippen molar-refractivity contribution >= 4 is 29.0 Å². The van der Waals surface area contributed by atoms with Gasteiger partial charge in [-0.2, -0.15) is 0 Å². The first kappa shape index (κ1) is 23.6. The van der Waals surface area contributed by atoms with Crippen molar-refractivity contribution < 1.29 is 4.79 Å². The summed E-state index contributed by atoms with van der Waals surface area (Å²) in [5, 5.41) is 0.702. The number of hydrogen-bond acceptors (Lipinski definition) is 2. The molecule has 3 rings (SSSR count). The highest BCUT2D eigenvalue weighted by Gasteiger charge is 2.34. The van der Waals surface area contributed by atoms with Crippen LogP contribution >= 0.6 is 11.6 Å². The Morgan fingerprint density at radius 1 is 1.26 bits per heavy atom. The number of allylic oxidation sites excluding steroid dienone is 2. The summed E-state index contributed by atoms with van der Waals surface area (Å²) in [7, 11) is 0. The number of anilines is 1. The smallest absolute Gasteiger partial charge is 0.230 e. The summed E-state index contributed by atoms with van der Waals surface area (Å²) in [6.45, 7) is 12.8. The van der Waals surface area contributed by atoms with Crippen molar-refractivity contribution in [3.63, 3.8) is 0 Å². The fourth-order valence-corrected chi connectivity index (χ4v) is 4.13. The summed E-state index contributed by atoms with van der Waals surface area (Å²) >= 11 is 6.07. The average Bonchev–Trinajstić information content (AvgIpc) is 3.62. The van der Waals surface area contributed by atoms with Gasteiger partial charge in [0.05, 0.1) is 0 Å². The lowest BCUT2D eigenvalue weighted by Gasteiger charge is -2.37. The van der Waals surface area contributed by atoms with Crippen molar-refractivity contribution in [2.45, 2.75) is 52.9 Å². The monoisotopic (exact) mass is 441 g/mol. The van der Waals surface area contributed by atoms with Crippen molar-refractivity contribution in [1.82, 2.24) is 4.90 Å². The summed E-state index contributed by atoms with van der Waals surface area (Å²) in [6, 6.07) is 7.69. The first-order valence-corrected chi connectivity index (χ1v) is 12.0. The van der Waals surface area contributed by atoms with Crippen LogP contribution in [0, 0.1) is 17.8 Å². The van der Waals surface area contributed by atoms with Gasteiger partial charge in [0.1, 0.15) is 5.84 Å². The van der Waals surface area contributed by atoms with Crippen molar-refractivity contribution in [2.75, 3.05) is 24.5 Å². The molecule has 1 aromatic rings. The highest BCUT2D eigenvalue weighted by atomic mass is 35.5. The molecule has 0 bridgehead atoms. The molecule has 1 aliphatic carbocycles. The lowest BCUT2D eigenvalue weighted by atomic mass is 9.93. The predicted octanol–water partition coefficient (Wildman–Crippen LogP) is 6.33. The molecule has 0 aromatic heterocycles. The highest BCUT2D eigenvalue weighted by molar-refractivity contribution is 6.30. The molecule has 1 saturated carbocycles. The Morgan fingerprint density at radius 2 is 1.90 bits per heavy atom. The van der Waals surface area contributed by atoms with Crippen molar-refractivity contribution in [1.29, 1.82) is 0 Å². The average molecular weight is 442 g/mol. The Kier molecular flexibility index (Phi) is 8.36. The fraction of sp³-hybridized carbons (Fsp3) is 0.538. The number of aliphatic imine (C=N–C) groups is 1. The number of amides is 1. The number of piperidine rings is 1. The van der Waals surface area contributed by atoms with Crippen LogP contribution in [0.25, 0.3) is 0 Å². The van der Waals surface area contributed by atoms with Gasteiger partial charge in [-0.05, 0) is 74.8 Å². The van der Waals surface area contributed by atoms with Gasteiger partial charge in [-0.25, -0.2) is 4.99 Å². The predicted molar refractivity (Wildman–Crippen MR) is 132 cm³/mol. The van der Waals surface area contributed by atoms with E-state index < -0.39 is 0 Å². The van der Waals surface area contributed by atoms with E-state index in [1.807, 2.05) is 48.4 Å².